The van der Waals surface area contributed by atoms with E-state index in [1.165, 1.54) is 6.08 Å². The fourth-order valence-corrected chi connectivity index (χ4v) is 0.955. The lowest BCUT2D eigenvalue weighted by molar-refractivity contribution is -0.117. The second kappa shape index (κ2) is 4.13. The van der Waals surface area contributed by atoms with Crippen molar-refractivity contribution in [3.63, 3.8) is 0 Å². The average Bonchev–Trinajstić information content (AvgIpc) is 2.49. The molecule has 0 aliphatic heterocycles. The van der Waals surface area contributed by atoms with Crippen LogP contribution in [0.4, 0.5) is 0 Å². The number of nitrogens with one attached hydrogen (secondary N) is 1. The molecule has 14 heavy (non-hydrogen) atoms. The first-order valence-corrected chi connectivity index (χ1v) is 4.51. The Morgan fingerprint density at radius 1 is 1.50 bits per heavy atom. The first kappa shape index (κ1) is 10.6. The molecule has 0 fully saturated rings. The first-order chi connectivity index (χ1) is 6.47. The van der Waals surface area contributed by atoms with Gasteiger partial charge in [-0.15, -0.1) is 0 Å². The van der Waals surface area contributed by atoms with Gasteiger partial charge < -0.3 is 9.73 Å². The van der Waals surface area contributed by atoms with Crippen LogP contribution in [0.15, 0.2) is 28.9 Å². The van der Waals surface area contributed by atoms with Crippen molar-refractivity contribution >= 4 is 12.0 Å². The normalized spacial score (nSPS) is 11.9. The van der Waals surface area contributed by atoms with Crippen molar-refractivity contribution in [3.05, 3.63) is 30.2 Å². The standard InChI is InChI=1S/C11H15NO2/c1-11(2,3)12-10(13)7-6-9-5-4-8-14-9/h4-8H,1-3H3,(H,12,13). The number of hydrogen-bond acceptors (Lipinski definition) is 2. The van der Waals surface area contributed by atoms with Crippen LogP contribution >= 0.6 is 0 Å². The zero-order chi connectivity index (χ0) is 10.6. The molecule has 1 amide bonds. The lowest BCUT2D eigenvalue weighted by Crippen LogP contribution is -2.39. The van der Waals surface area contributed by atoms with Gasteiger partial charge in [0.25, 0.3) is 0 Å². The van der Waals surface area contributed by atoms with E-state index in [2.05, 4.69) is 5.32 Å². The van der Waals surface area contributed by atoms with Crippen LogP contribution < -0.4 is 5.32 Å². The number of rotatable bonds is 2. The maximum atomic E-state index is 11.3. The number of amides is 1. The van der Waals surface area contributed by atoms with Gasteiger partial charge in [-0.2, -0.15) is 0 Å². The zero-order valence-corrected chi connectivity index (χ0v) is 8.70. The molecule has 1 aromatic rings. The van der Waals surface area contributed by atoms with Gasteiger partial charge in [0.2, 0.25) is 5.91 Å². The van der Waals surface area contributed by atoms with Crippen molar-refractivity contribution in [2.75, 3.05) is 0 Å². The lowest BCUT2D eigenvalue weighted by atomic mass is 10.1. The summed E-state index contributed by atoms with van der Waals surface area (Å²) < 4.78 is 5.05. The summed E-state index contributed by atoms with van der Waals surface area (Å²) in [4.78, 5) is 11.3. The van der Waals surface area contributed by atoms with E-state index in [0.29, 0.717) is 5.76 Å². The van der Waals surface area contributed by atoms with Crippen LogP contribution in [0.2, 0.25) is 0 Å². The summed E-state index contributed by atoms with van der Waals surface area (Å²) in [5, 5.41) is 2.81. The van der Waals surface area contributed by atoms with E-state index in [1.807, 2.05) is 20.8 Å². The molecule has 0 radical (unpaired) electrons. The molecule has 3 heteroatoms. The van der Waals surface area contributed by atoms with Crippen LogP contribution in [0.1, 0.15) is 26.5 Å². The summed E-state index contributed by atoms with van der Waals surface area (Å²) in [5.74, 6) is 0.558. The molecule has 0 saturated carbocycles. The minimum atomic E-state index is -0.204. The minimum Gasteiger partial charge on any atom is -0.465 e. The Hall–Kier alpha value is -1.51. The summed E-state index contributed by atoms with van der Waals surface area (Å²) in [6.07, 6.45) is 4.67. The topological polar surface area (TPSA) is 42.2 Å². The van der Waals surface area contributed by atoms with Crippen LogP contribution in [0.3, 0.4) is 0 Å². The molecule has 0 aliphatic carbocycles. The molecule has 0 unspecified atom stereocenters. The largest absolute Gasteiger partial charge is 0.465 e. The van der Waals surface area contributed by atoms with E-state index in [1.54, 1.807) is 24.5 Å². The number of carbonyl (C=O) groups is 1. The SMILES string of the molecule is CC(C)(C)NC(=O)C=Cc1ccco1. The van der Waals surface area contributed by atoms with Crippen molar-refractivity contribution < 1.29 is 9.21 Å². The number of hydrogen-bond donors (Lipinski definition) is 1. The Balaban J connectivity index is 2.49. The molecule has 0 bridgehead atoms. The maximum absolute atomic E-state index is 11.3. The van der Waals surface area contributed by atoms with Gasteiger partial charge in [-0.25, -0.2) is 0 Å². The minimum absolute atomic E-state index is 0.117. The van der Waals surface area contributed by atoms with Gasteiger partial charge in [0.1, 0.15) is 5.76 Å². The van der Waals surface area contributed by atoms with Crippen LogP contribution in [0, 0.1) is 0 Å². The van der Waals surface area contributed by atoms with Crippen molar-refractivity contribution in [3.8, 4) is 0 Å². The van der Waals surface area contributed by atoms with Crippen molar-refractivity contribution in [2.24, 2.45) is 0 Å². The molecule has 1 aromatic heterocycles. The Labute approximate surface area is 83.8 Å². The van der Waals surface area contributed by atoms with E-state index in [9.17, 15) is 4.79 Å². The summed E-state index contributed by atoms with van der Waals surface area (Å²) in [6, 6.07) is 3.57. The molecule has 0 aliphatic rings. The van der Waals surface area contributed by atoms with Gasteiger partial charge in [-0.3, -0.25) is 4.79 Å². The molecule has 0 spiro atoms. The highest BCUT2D eigenvalue weighted by Crippen LogP contribution is 2.03. The molecule has 1 N–H and O–H groups in total. The maximum Gasteiger partial charge on any atom is 0.244 e. The van der Waals surface area contributed by atoms with Gasteiger partial charge in [0, 0.05) is 11.6 Å². The second-order valence-electron chi connectivity index (χ2n) is 4.09. The molecule has 0 aromatic carbocycles. The summed E-state index contributed by atoms with van der Waals surface area (Å²) in [6.45, 7) is 5.81. The second-order valence-corrected chi connectivity index (χ2v) is 4.09. The Kier molecular flexibility index (Phi) is 3.12. The van der Waals surface area contributed by atoms with Crippen molar-refractivity contribution in [1.82, 2.24) is 5.32 Å². The highest BCUT2D eigenvalue weighted by molar-refractivity contribution is 5.91. The number of carbonyl (C=O) groups excluding carboxylic acids is 1. The van der Waals surface area contributed by atoms with E-state index in [4.69, 9.17) is 4.42 Å². The zero-order valence-electron chi connectivity index (χ0n) is 8.70. The van der Waals surface area contributed by atoms with E-state index >= 15 is 0 Å². The van der Waals surface area contributed by atoms with Gasteiger partial charge >= 0.3 is 0 Å². The average molecular weight is 193 g/mol. The predicted molar refractivity (Wildman–Crippen MR) is 55.6 cm³/mol. The van der Waals surface area contributed by atoms with Crippen LogP contribution in [-0.2, 0) is 4.79 Å². The van der Waals surface area contributed by atoms with Crippen LogP contribution in [-0.4, -0.2) is 11.4 Å². The number of furan rings is 1. The molecular formula is C11H15NO2. The van der Waals surface area contributed by atoms with E-state index in [-0.39, 0.29) is 11.4 Å². The lowest BCUT2D eigenvalue weighted by Gasteiger charge is -2.18. The highest BCUT2D eigenvalue weighted by atomic mass is 16.3. The molecule has 0 saturated heterocycles. The molecular weight excluding hydrogens is 178 g/mol. The van der Waals surface area contributed by atoms with Gasteiger partial charge in [-0.1, -0.05) is 0 Å². The highest BCUT2D eigenvalue weighted by Gasteiger charge is 2.10. The summed E-state index contributed by atoms with van der Waals surface area (Å²) in [5.41, 5.74) is -0.204. The predicted octanol–water partition coefficient (Wildman–Crippen LogP) is 2.21. The van der Waals surface area contributed by atoms with Gasteiger partial charge in [0.05, 0.1) is 6.26 Å². The Morgan fingerprint density at radius 2 is 2.21 bits per heavy atom. The smallest absolute Gasteiger partial charge is 0.244 e. The fraction of sp³-hybridized carbons (Fsp3) is 0.364. The van der Waals surface area contributed by atoms with E-state index < -0.39 is 0 Å². The monoisotopic (exact) mass is 193 g/mol. The molecule has 1 heterocycles. The molecule has 1 rings (SSSR count). The molecule has 3 nitrogen and oxygen atoms in total. The Morgan fingerprint density at radius 3 is 2.71 bits per heavy atom. The van der Waals surface area contributed by atoms with Gasteiger partial charge in [-0.05, 0) is 39.0 Å². The van der Waals surface area contributed by atoms with Crippen LogP contribution in [0.25, 0.3) is 6.08 Å². The fourth-order valence-electron chi connectivity index (χ4n) is 0.955. The molecule has 76 valence electrons. The van der Waals surface area contributed by atoms with E-state index in [0.717, 1.165) is 0 Å². The third-order valence-corrected chi connectivity index (χ3v) is 1.44. The third-order valence-electron chi connectivity index (χ3n) is 1.44. The quantitative estimate of drug-likeness (QED) is 0.732. The molecule has 0 atom stereocenters. The summed E-state index contributed by atoms with van der Waals surface area (Å²) in [7, 11) is 0. The van der Waals surface area contributed by atoms with Gasteiger partial charge in [0.15, 0.2) is 0 Å². The Bertz CT molecular complexity index is 318. The van der Waals surface area contributed by atoms with Crippen LogP contribution in [0.5, 0.6) is 0 Å². The van der Waals surface area contributed by atoms with Crippen molar-refractivity contribution in [2.45, 2.75) is 26.3 Å². The van der Waals surface area contributed by atoms with Crippen molar-refractivity contribution in [1.29, 1.82) is 0 Å². The summed E-state index contributed by atoms with van der Waals surface area (Å²) >= 11 is 0. The first-order valence-electron chi connectivity index (χ1n) is 4.51. The third kappa shape index (κ3) is 3.94.